The number of para-hydroxylation sites is 3. The van der Waals surface area contributed by atoms with Crippen molar-refractivity contribution in [3.63, 3.8) is 0 Å². The Morgan fingerprint density at radius 3 is 1.70 bits per heavy atom. The van der Waals surface area contributed by atoms with Crippen LogP contribution in [0.4, 0.5) is 17.1 Å². The molecule has 0 fully saturated rings. The maximum Gasteiger partial charge on any atom is 0.0601 e. The fourth-order valence-electron chi connectivity index (χ4n) is 3.14. The van der Waals surface area contributed by atoms with E-state index in [0.717, 1.165) is 0 Å². The van der Waals surface area contributed by atoms with Gasteiger partial charge in [-0.15, -0.1) is 0 Å². The molecule has 0 N–H and O–H groups in total. The van der Waals surface area contributed by atoms with Gasteiger partial charge in [0, 0.05) is 15.5 Å². The van der Waals surface area contributed by atoms with Crippen molar-refractivity contribution in [2.45, 2.75) is 29.6 Å². The zero-order valence-electron chi connectivity index (χ0n) is 13.4. The second-order valence-corrected chi connectivity index (χ2v) is 7.17. The molecule has 0 spiro atoms. The molecule has 3 aromatic rings. The first-order valence-corrected chi connectivity index (χ1v) is 8.82. The fourth-order valence-corrected chi connectivity index (χ4v) is 4.20. The molecule has 1 aliphatic heterocycles. The molecular formula is C21H19NS. The zero-order valence-corrected chi connectivity index (χ0v) is 14.2. The molecule has 2 heteroatoms. The summed E-state index contributed by atoms with van der Waals surface area (Å²) in [6, 6.07) is 26.1. The number of nitrogens with zero attached hydrogens (tertiary/aromatic N) is 1. The minimum Gasteiger partial charge on any atom is -0.308 e. The van der Waals surface area contributed by atoms with Crippen LogP contribution in [0.2, 0.25) is 0 Å². The lowest BCUT2D eigenvalue weighted by molar-refractivity contribution is 0.863. The summed E-state index contributed by atoms with van der Waals surface area (Å²) in [6.45, 7) is 4.52. The molecule has 0 saturated carbocycles. The molecule has 0 atom stereocenters. The molecular weight excluding hydrogens is 298 g/mol. The van der Waals surface area contributed by atoms with Gasteiger partial charge in [-0.2, -0.15) is 0 Å². The van der Waals surface area contributed by atoms with E-state index in [1.165, 1.54) is 32.4 Å². The zero-order chi connectivity index (χ0) is 15.8. The van der Waals surface area contributed by atoms with Gasteiger partial charge in [-0.3, -0.25) is 0 Å². The Hall–Kier alpha value is -2.19. The number of hydrogen-bond donors (Lipinski definition) is 0. The van der Waals surface area contributed by atoms with Crippen molar-refractivity contribution in [3.8, 4) is 0 Å². The number of benzene rings is 3. The topological polar surface area (TPSA) is 3.24 Å². The normalized spacial score (nSPS) is 12.9. The van der Waals surface area contributed by atoms with Crippen LogP contribution in [-0.4, -0.2) is 0 Å². The quantitative estimate of drug-likeness (QED) is 0.402. The molecule has 3 aromatic carbocycles. The molecule has 0 amide bonds. The highest BCUT2D eigenvalue weighted by molar-refractivity contribution is 7.99. The average molecular weight is 317 g/mol. The van der Waals surface area contributed by atoms with Crippen LogP contribution in [0.5, 0.6) is 0 Å². The van der Waals surface area contributed by atoms with Crippen LogP contribution in [0.25, 0.3) is 0 Å². The average Bonchev–Trinajstić information content (AvgIpc) is 2.59. The molecule has 0 aliphatic carbocycles. The number of anilines is 3. The predicted molar refractivity (Wildman–Crippen MR) is 99.3 cm³/mol. The second kappa shape index (κ2) is 5.78. The molecule has 114 valence electrons. The van der Waals surface area contributed by atoms with Crippen LogP contribution < -0.4 is 4.90 Å². The summed E-state index contributed by atoms with van der Waals surface area (Å²) < 4.78 is 0. The van der Waals surface area contributed by atoms with E-state index < -0.39 is 0 Å². The lowest BCUT2D eigenvalue weighted by Crippen LogP contribution is -2.16. The SMILES string of the molecule is CC(C)c1ccccc1N1c2ccccc2Sc2ccccc21. The molecule has 1 nitrogen and oxygen atoms in total. The van der Waals surface area contributed by atoms with E-state index in [-0.39, 0.29) is 0 Å². The van der Waals surface area contributed by atoms with Crippen molar-refractivity contribution >= 4 is 28.8 Å². The third kappa shape index (κ3) is 2.43. The predicted octanol–water partition coefficient (Wildman–Crippen LogP) is 6.74. The summed E-state index contributed by atoms with van der Waals surface area (Å²) in [7, 11) is 0. The van der Waals surface area contributed by atoms with Crippen LogP contribution in [-0.2, 0) is 0 Å². The van der Waals surface area contributed by atoms with Crippen molar-refractivity contribution in [1.82, 2.24) is 0 Å². The maximum atomic E-state index is 2.41. The first kappa shape index (κ1) is 14.4. The Bertz CT molecular complexity index is 808. The molecule has 0 bridgehead atoms. The third-order valence-electron chi connectivity index (χ3n) is 4.23. The molecule has 1 aliphatic rings. The van der Waals surface area contributed by atoms with Gasteiger partial charge in [0.05, 0.1) is 11.4 Å². The van der Waals surface area contributed by atoms with Crippen molar-refractivity contribution in [1.29, 1.82) is 0 Å². The van der Waals surface area contributed by atoms with Gasteiger partial charge in [0.2, 0.25) is 0 Å². The van der Waals surface area contributed by atoms with Crippen LogP contribution in [0, 0.1) is 0 Å². The lowest BCUT2D eigenvalue weighted by atomic mass is 9.99. The van der Waals surface area contributed by atoms with E-state index in [1.54, 1.807) is 0 Å². The summed E-state index contributed by atoms with van der Waals surface area (Å²) >= 11 is 1.85. The van der Waals surface area contributed by atoms with Crippen molar-refractivity contribution < 1.29 is 0 Å². The fraction of sp³-hybridized carbons (Fsp3) is 0.143. The van der Waals surface area contributed by atoms with Crippen molar-refractivity contribution in [2.24, 2.45) is 0 Å². The molecule has 0 aromatic heterocycles. The van der Waals surface area contributed by atoms with E-state index in [4.69, 9.17) is 0 Å². The Morgan fingerprint density at radius 1 is 0.652 bits per heavy atom. The molecule has 1 heterocycles. The van der Waals surface area contributed by atoms with E-state index in [9.17, 15) is 0 Å². The molecule has 0 saturated heterocycles. The lowest BCUT2D eigenvalue weighted by Gasteiger charge is -2.34. The van der Waals surface area contributed by atoms with Crippen molar-refractivity contribution in [3.05, 3.63) is 78.4 Å². The van der Waals surface area contributed by atoms with Crippen LogP contribution in [0.1, 0.15) is 25.3 Å². The van der Waals surface area contributed by atoms with E-state index in [2.05, 4.69) is 91.5 Å². The van der Waals surface area contributed by atoms with Crippen LogP contribution in [0.3, 0.4) is 0 Å². The summed E-state index contributed by atoms with van der Waals surface area (Å²) in [4.78, 5) is 5.03. The first-order valence-electron chi connectivity index (χ1n) is 8.00. The highest BCUT2D eigenvalue weighted by Crippen LogP contribution is 2.52. The minimum atomic E-state index is 0.486. The van der Waals surface area contributed by atoms with Gasteiger partial charge in [-0.25, -0.2) is 0 Å². The van der Waals surface area contributed by atoms with Crippen LogP contribution in [0.15, 0.2) is 82.6 Å². The minimum absolute atomic E-state index is 0.486. The summed E-state index contributed by atoms with van der Waals surface area (Å²) in [5.41, 5.74) is 5.19. The molecule has 0 radical (unpaired) electrons. The Labute approximate surface area is 142 Å². The monoisotopic (exact) mass is 317 g/mol. The summed E-state index contributed by atoms with van der Waals surface area (Å²) in [5, 5.41) is 0. The van der Waals surface area contributed by atoms with Gasteiger partial charge in [-0.05, 0) is 41.8 Å². The smallest absolute Gasteiger partial charge is 0.0601 e. The van der Waals surface area contributed by atoms with Gasteiger partial charge in [-0.1, -0.05) is 68.1 Å². The van der Waals surface area contributed by atoms with Gasteiger partial charge >= 0.3 is 0 Å². The van der Waals surface area contributed by atoms with E-state index in [1.807, 2.05) is 11.8 Å². The van der Waals surface area contributed by atoms with E-state index >= 15 is 0 Å². The Balaban J connectivity index is 1.99. The van der Waals surface area contributed by atoms with Gasteiger partial charge in [0.1, 0.15) is 0 Å². The third-order valence-corrected chi connectivity index (χ3v) is 5.36. The van der Waals surface area contributed by atoms with Gasteiger partial charge in [0.15, 0.2) is 0 Å². The Morgan fingerprint density at radius 2 is 1.13 bits per heavy atom. The standard InChI is InChI=1S/C21H19NS/c1-15(2)16-9-3-4-10-17(16)22-18-11-5-7-13-20(18)23-21-14-8-6-12-19(21)22/h3-15H,1-2H3. The molecule has 23 heavy (non-hydrogen) atoms. The van der Waals surface area contributed by atoms with E-state index in [0.29, 0.717) is 5.92 Å². The summed E-state index contributed by atoms with van der Waals surface area (Å²) in [6.07, 6.45) is 0. The second-order valence-electron chi connectivity index (χ2n) is 6.09. The van der Waals surface area contributed by atoms with Crippen molar-refractivity contribution in [2.75, 3.05) is 4.90 Å². The molecule has 4 rings (SSSR count). The maximum absolute atomic E-state index is 2.41. The number of fused-ring (bicyclic) bond motifs is 2. The largest absolute Gasteiger partial charge is 0.308 e. The van der Waals surface area contributed by atoms with Gasteiger partial charge < -0.3 is 4.90 Å². The molecule has 0 unspecified atom stereocenters. The number of hydrogen-bond acceptors (Lipinski definition) is 2. The van der Waals surface area contributed by atoms with Crippen LogP contribution >= 0.6 is 11.8 Å². The first-order chi connectivity index (χ1) is 11.3. The summed E-state index contributed by atoms with van der Waals surface area (Å²) in [5.74, 6) is 0.486. The highest BCUT2D eigenvalue weighted by atomic mass is 32.2. The highest BCUT2D eigenvalue weighted by Gasteiger charge is 2.25. The number of rotatable bonds is 2. The Kier molecular flexibility index (Phi) is 3.62. The van der Waals surface area contributed by atoms with Gasteiger partial charge in [0.25, 0.3) is 0 Å².